The number of rotatable bonds is 3. The molecule has 1 amide bonds. The standard InChI is InChI=1S/C13H12BrF3N4O/c1-7-5-10(13(15,16)17)20-21(7)8(2)12(22)19-11-4-3-9(14)6-18-11/h3-6,8H,1-2H3,(H,18,19,22). The summed E-state index contributed by atoms with van der Waals surface area (Å²) in [7, 11) is 0. The first-order valence-corrected chi connectivity index (χ1v) is 7.03. The van der Waals surface area contributed by atoms with Gasteiger partial charge in [-0.3, -0.25) is 9.48 Å². The Morgan fingerprint density at radius 2 is 2.09 bits per heavy atom. The van der Waals surface area contributed by atoms with Gasteiger partial charge in [0.15, 0.2) is 5.69 Å². The van der Waals surface area contributed by atoms with Crippen molar-refractivity contribution in [2.45, 2.75) is 26.1 Å². The van der Waals surface area contributed by atoms with Crippen LogP contribution < -0.4 is 5.32 Å². The number of hydrogen-bond acceptors (Lipinski definition) is 3. The van der Waals surface area contributed by atoms with Gasteiger partial charge < -0.3 is 5.32 Å². The Hall–Kier alpha value is -1.90. The van der Waals surface area contributed by atoms with E-state index >= 15 is 0 Å². The Balaban J connectivity index is 2.17. The summed E-state index contributed by atoms with van der Waals surface area (Å²) in [6.45, 7) is 2.93. The van der Waals surface area contributed by atoms with Crippen molar-refractivity contribution in [3.05, 3.63) is 40.3 Å². The fraction of sp³-hybridized carbons (Fsp3) is 0.308. The maximum absolute atomic E-state index is 12.6. The topological polar surface area (TPSA) is 59.8 Å². The molecule has 0 saturated heterocycles. The summed E-state index contributed by atoms with van der Waals surface area (Å²) >= 11 is 3.21. The van der Waals surface area contributed by atoms with Gasteiger partial charge in [-0.15, -0.1) is 0 Å². The molecule has 1 N–H and O–H groups in total. The van der Waals surface area contributed by atoms with E-state index in [-0.39, 0.29) is 5.69 Å². The van der Waals surface area contributed by atoms with Crippen molar-refractivity contribution in [1.29, 1.82) is 0 Å². The van der Waals surface area contributed by atoms with E-state index in [0.717, 1.165) is 15.2 Å². The summed E-state index contributed by atoms with van der Waals surface area (Å²) in [5.41, 5.74) is -0.773. The lowest BCUT2D eigenvalue weighted by Gasteiger charge is -2.14. The molecule has 0 saturated carbocycles. The summed E-state index contributed by atoms with van der Waals surface area (Å²) in [5, 5.41) is 5.99. The number of amides is 1. The lowest BCUT2D eigenvalue weighted by Crippen LogP contribution is -2.26. The van der Waals surface area contributed by atoms with Gasteiger partial charge in [0, 0.05) is 16.4 Å². The molecule has 1 unspecified atom stereocenters. The zero-order valence-corrected chi connectivity index (χ0v) is 13.2. The highest BCUT2D eigenvalue weighted by atomic mass is 79.9. The minimum atomic E-state index is -4.54. The van der Waals surface area contributed by atoms with Crippen LogP contribution in [0.3, 0.4) is 0 Å². The lowest BCUT2D eigenvalue weighted by molar-refractivity contribution is -0.141. The van der Waals surface area contributed by atoms with E-state index in [2.05, 4.69) is 31.3 Å². The zero-order chi connectivity index (χ0) is 16.5. The average molecular weight is 377 g/mol. The van der Waals surface area contributed by atoms with Gasteiger partial charge in [-0.25, -0.2) is 4.98 Å². The van der Waals surface area contributed by atoms with Crippen molar-refractivity contribution >= 4 is 27.7 Å². The molecule has 0 aliphatic rings. The average Bonchev–Trinajstić information content (AvgIpc) is 2.82. The molecule has 9 heteroatoms. The maximum atomic E-state index is 12.6. The second kappa shape index (κ2) is 6.07. The van der Waals surface area contributed by atoms with E-state index in [1.54, 1.807) is 12.1 Å². The highest BCUT2D eigenvalue weighted by Crippen LogP contribution is 2.29. The molecule has 2 rings (SSSR count). The van der Waals surface area contributed by atoms with Crippen LogP contribution in [0, 0.1) is 6.92 Å². The molecule has 0 bridgehead atoms. The van der Waals surface area contributed by atoms with Crippen LogP contribution in [0.2, 0.25) is 0 Å². The van der Waals surface area contributed by atoms with Gasteiger partial charge in [0.2, 0.25) is 5.91 Å². The number of carbonyl (C=O) groups excluding carboxylic acids is 1. The molecule has 1 atom stereocenters. The van der Waals surface area contributed by atoms with Gasteiger partial charge in [-0.05, 0) is 48.0 Å². The van der Waals surface area contributed by atoms with Crippen LogP contribution in [0.15, 0.2) is 28.9 Å². The van der Waals surface area contributed by atoms with Crippen molar-refractivity contribution in [3.8, 4) is 0 Å². The number of carbonyl (C=O) groups is 1. The second-order valence-corrected chi connectivity index (χ2v) is 5.56. The summed E-state index contributed by atoms with van der Waals surface area (Å²) in [5.74, 6) is -0.198. The number of alkyl halides is 3. The van der Waals surface area contributed by atoms with Crippen LogP contribution in [-0.2, 0) is 11.0 Å². The van der Waals surface area contributed by atoms with Crippen LogP contribution >= 0.6 is 15.9 Å². The molecule has 0 fully saturated rings. The predicted octanol–water partition coefficient (Wildman–Crippen LogP) is 3.57. The second-order valence-electron chi connectivity index (χ2n) is 4.64. The van der Waals surface area contributed by atoms with E-state index in [0.29, 0.717) is 5.82 Å². The Kier molecular flexibility index (Phi) is 4.55. The van der Waals surface area contributed by atoms with Gasteiger partial charge in [-0.1, -0.05) is 0 Å². The fourth-order valence-electron chi connectivity index (χ4n) is 1.81. The van der Waals surface area contributed by atoms with E-state index in [4.69, 9.17) is 0 Å². The van der Waals surface area contributed by atoms with Gasteiger partial charge in [0.1, 0.15) is 11.9 Å². The normalized spacial score (nSPS) is 13.0. The first-order chi connectivity index (χ1) is 10.2. The van der Waals surface area contributed by atoms with Gasteiger partial charge >= 0.3 is 6.18 Å². The molecule has 0 spiro atoms. The smallest absolute Gasteiger partial charge is 0.309 e. The molecule has 2 heterocycles. The van der Waals surface area contributed by atoms with Crippen LogP contribution in [0.5, 0.6) is 0 Å². The molecule has 2 aromatic rings. The van der Waals surface area contributed by atoms with E-state index in [1.807, 2.05) is 0 Å². The highest BCUT2D eigenvalue weighted by Gasteiger charge is 2.35. The molecular formula is C13H12BrF3N4O. The SMILES string of the molecule is Cc1cc(C(F)(F)F)nn1C(C)C(=O)Nc1ccc(Br)cn1. The molecule has 0 aliphatic carbocycles. The molecular weight excluding hydrogens is 365 g/mol. The summed E-state index contributed by atoms with van der Waals surface area (Å²) in [6.07, 6.45) is -3.04. The van der Waals surface area contributed by atoms with Crippen molar-refractivity contribution in [2.75, 3.05) is 5.32 Å². The number of aromatic nitrogens is 3. The lowest BCUT2D eigenvalue weighted by atomic mass is 10.3. The summed E-state index contributed by atoms with van der Waals surface area (Å²) < 4.78 is 39.7. The van der Waals surface area contributed by atoms with Crippen molar-refractivity contribution in [3.63, 3.8) is 0 Å². The van der Waals surface area contributed by atoms with Crippen LogP contribution in [0.1, 0.15) is 24.4 Å². The third-order valence-corrected chi connectivity index (χ3v) is 3.41. The zero-order valence-electron chi connectivity index (χ0n) is 11.6. The van der Waals surface area contributed by atoms with Crippen molar-refractivity contribution in [1.82, 2.24) is 14.8 Å². The van der Waals surface area contributed by atoms with E-state index in [9.17, 15) is 18.0 Å². The Bertz CT molecular complexity index is 682. The fourth-order valence-corrected chi connectivity index (χ4v) is 2.04. The quantitative estimate of drug-likeness (QED) is 0.890. The van der Waals surface area contributed by atoms with Crippen LogP contribution in [-0.4, -0.2) is 20.7 Å². The molecule has 5 nitrogen and oxygen atoms in total. The number of aryl methyl sites for hydroxylation is 1. The Labute approximate surface area is 132 Å². The third kappa shape index (κ3) is 3.65. The first kappa shape index (κ1) is 16.5. The van der Waals surface area contributed by atoms with Crippen molar-refractivity contribution in [2.24, 2.45) is 0 Å². The number of anilines is 1. The van der Waals surface area contributed by atoms with Gasteiger partial charge in [0.05, 0.1) is 0 Å². The molecule has 22 heavy (non-hydrogen) atoms. The van der Waals surface area contributed by atoms with E-state index < -0.39 is 23.8 Å². The highest BCUT2D eigenvalue weighted by molar-refractivity contribution is 9.10. The number of pyridine rings is 1. The largest absolute Gasteiger partial charge is 0.435 e. The maximum Gasteiger partial charge on any atom is 0.435 e. The summed E-state index contributed by atoms with van der Waals surface area (Å²) in [4.78, 5) is 16.1. The number of nitrogens with zero attached hydrogens (tertiary/aromatic N) is 3. The van der Waals surface area contributed by atoms with Crippen LogP contribution in [0.25, 0.3) is 0 Å². The van der Waals surface area contributed by atoms with Crippen LogP contribution in [0.4, 0.5) is 19.0 Å². The Morgan fingerprint density at radius 3 is 2.59 bits per heavy atom. The number of halogens is 4. The Morgan fingerprint density at radius 1 is 1.41 bits per heavy atom. The molecule has 0 aromatic carbocycles. The third-order valence-electron chi connectivity index (χ3n) is 2.94. The first-order valence-electron chi connectivity index (χ1n) is 6.24. The van der Waals surface area contributed by atoms with Gasteiger partial charge in [-0.2, -0.15) is 18.3 Å². The van der Waals surface area contributed by atoms with Crippen molar-refractivity contribution < 1.29 is 18.0 Å². The molecule has 0 radical (unpaired) electrons. The minimum Gasteiger partial charge on any atom is -0.309 e. The number of nitrogens with one attached hydrogen (secondary N) is 1. The predicted molar refractivity (Wildman–Crippen MR) is 77.2 cm³/mol. The monoisotopic (exact) mass is 376 g/mol. The number of hydrogen-bond donors (Lipinski definition) is 1. The molecule has 118 valence electrons. The molecule has 0 aliphatic heterocycles. The van der Waals surface area contributed by atoms with E-state index in [1.165, 1.54) is 20.0 Å². The summed E-state index contributed by atoms with van der Waals surface area (Å²) in [6, 6.07) is 3.27. The van der Waals surface area contributed by atoms with Gasteiger partial charge in [0.25, 0.3) is 0 Å². The minimum absolute atomic E-state index is 0.249. The molecule has 2 aromatic heterocycles.